The predicted molar refractivity (Wildman–Crippen MR) is 53.1 cm³/mol. The molecular weight excluding hydrogens is 148 g/mol. The number of piperidine rings is 1. The van der Waals surface area contributed by atoms with Crippen LogP contribution in [0.5, 0.6) is 0 Å². The molecule has 2 nitrogen and oxygen atoms in total. The maximum atomic E-state index is 5.60. The van der Waals surface area contributed by atoms with Gasteiger partial charge in [-0.15, -0.1) is 0 Å². The summed E-state index contributed by atoms with van der Waals surface area (Å²) in [6, 6.07) is 0. The standard InChI is InChI=1S/C10H22N2/c1-9-4-3-5-12(7-9)8-10(2)6-11/h9-10H,3-8,11H2,1-2H3. The average molecular weight is 170 g/mol. The van der Waals surface area contributed by atoms with E-state index < -0.39 is 0 Å². The Balaban J connectivity index is 2.22. The molecule has 1 fully saturated rings. The zero-order chi connectivity index (χ0) is 8.97. The Hall–Kier alpha value is -0.0800. The zero-order valence-electron chi connectivity index (χ0n) is 8.42. The Morgan fingerprint density at radius 1 is 1.58 bits per heavy atom. The van der Waals surface area contributed by atoms with Gasteiger partial charge >= 0.3 is 0 Å². The number of hydrogen-bond acceptors (Lipinski definition) is 2. The van der Waals surface area contributed by atoms with E-state index in [-0.39, 0.29) is 0 Å². The van der Waals surface area contributed by atoms with Crippen LogP contribution < -0.4 is 5.73 Å². The third-order valence-corrected chi connectivity index (χ3v) is 2.71. The van der Waals surface area contributed by atoms with Crippen molar-refractivity contribution in [3.05, 3.63) is 0 Å². The molecule has 2 atom stereocenters. The average Bonchev–Trinajstić information content (AvgIpc) is 2.04. The predicted octanol–water partition coefficient (Wildman–Crippen LogP) is 1.31. The molecule has 12 heavy (non-hydrogen) atoms. The highest BCUT2D eigenvalue weighted by atomic mass is 15.1. The molecule has 2 unspecified atom stereocenters. The van der Waals surface area contributed by atoms with Gasteiger partial charge in [-0.1, -0.05) is 13.8 Å². The summed E-state index contributed by atoms with van der Waals surface area (Å²) in [7, 11) is 0. The van der Waals surface area contributed by atoms with Gasteiger partial charge in [-0.25, -0.2) is 0 Å². The molecule has 0 aromatic carbocycles. The summed E-state index contributed by atoms with van der Waals surface area (Å²) in [6.07, 6.45) is 2.78. The Morgan fingerprint density at radius 2 is 2.33 bits per heavy atom. The first-order chi connectivity index (χ1) is 5.72. The molecule has 0 aromatic heterocycles. The van der Waals surface area contributed by atoms with Crippen molar-refractivity contribution in [2.75, 3.05) is 26.2 Å². The second-order valence-electron chi connectivity index (χ2n) is 4.35. The van der Waals surface area contributed by atoms with Crippen LogP contribution in [-0.2, 0) is 0 Å². The summed E-state index contributed by atoms with van der Waals surface area (Å²) < 4.78 is 0. The van der Waals surface area contributed by atoms with Crippen molar-refractivity contribution < 1.29 is 0 Å². The van der Waals surface area contributed by atoms with Crippen molar-refractivity contribution in [3.63, 3.8) is 0 Å². The van der Waals surface area contributed by atoms with Gasteiger partial charge in [0, 0.05) is 13.1 Å². The fourth-order valence-corrected chi connectivity index (χ4v) is 1.97. The molecule has 1 aliphatic heterocycles. The van der Waals surface area contributed by atoms with Gasteiger partial charge in [-0.2, -0.15) is 0 Å². The topological polar surface area (TPSA) is 29.3 Å². The van der Waals surface area contributed by atoms with Gasteiger partial charge in [0.25, 0.3) is 0 Å². The summed E-state index contributed by atoms with van der Waals surface area (Å²) in [5.74, 6) is 1.55. The van der Waals surface area contributed by atoms with Gasteiger partial charge in [-0.3, -0.25) is 0 Å². The van der Waals surface area contributed by atoms with Gasteiger partial charge in [0.1, 0.15) is 0 Å². The Bertz CT molecular complexity index is 125. The van der Waals surface area contributed by atoms with E-state index in [1.54, 1.807) is 0 Å². The third-order valence-electron chi connectivity index (χ3n) is 2.71. The molecule has 1 aliphatic rings. The van der Waals surface area contributed by atoms with Crippen molar-refractivity contribution in [1.82, 2.24) is 4.90 Å². The molecule has 72 valence electrons. The molecule has 2 N–H and O–H groups in total. The molecule has 1 heterocycles. The highest BCUT2D eigenvalue weighted by molar-refractivity contribution is 4.71. The van der Waals surface area contributed by atoms with Crippen molar-refractivity contribution in [3.8, 4) is 0 Å². The number of nitrogens with two attached hydrogens (primary N) is 1. The van der Waals surface area contributed by atoms with E-state index in [1.165, 1.54) is 32.5 Å². The number of nitrogens with zero attached hydrogens (tertiary/aromatic N) is 1. The van der Waals surface area contributed by atoms with Crippen LogP contribution in [0, 0.1) is 11.8 Å². The third kappa shape index (κ3) is 3.11. The lowest BCUT2D eigenvalue weighted by Crippen LogP contribution is -2.38. The largest absolute Gasteiger partial charge is 0.330 e. The van der Waals surface area contributed by atoms with Gasteiger partial charge in [0.15, 0.2) is 0 Å². The van der Waals surface area contributed by atoms with E-state index in [0.29, 0.717) is 5.92 Å². The molecule has 0 spiro atoms. The number of hydrogen-bond donors (Lipinski definition) is 1. The SMILES string of the molecule is CC(CN)CN1CCCC(C)C1. The maximum Gasteiger partial charge on any atom is 0.00192 e. The van der Waals surface area contributed by atoms with Crippen LogP contribution in [0.2, 0.25) is 0 Å². The second-order valence-corrected chi connectivity index (χ2v) is 4.35. The molecule has 2 heteroatoms. The Kier molecular flexibility index (Phi) is 4.02. The van der Waals surface area contributed by atoms with E-state index >= 15 is 0 Å². The van der Waals surface area contributed by atoms with Crippen LogP contribution in [0.3, 0.4) is 0 Å². The monoisotopic (exact) mass is 170 g/mol. The Labute approximate surface area is 76.1 Å². The first kappa shape index (κ1) is 10.0. The number of rotatable bonds is 3. The molecule has 0 aromatic rings. The van der Waals surface area contributed by atoms with Crippen LogP contribution in [0.15, 0.2) is 0 Å². The highest BCUT2D eigenvalue weighted by Crippen LogP contribution is 2.16. The molecule has 0 amide bonds. The van der Waals surface area contributed by atoms with Crippen molar-refractivity contribution in [2.24, 2.45) is 17.6 Å². The quantitative estimate of drug-likeness (QED) is 0.692. The first-order valence-corrected chi connectivity index (χ1v) is 5.14. The molecular formula is C10H22N2. The van der Waals surface area contributed by atoms with Gasteiger partial charge in [-0.05, 0) is 37.8 Å². The summed E-state index contributed by atoms with van der Waals surface area (Å²) in [4.78, 5) is 2.56. The van der Waals surface area contributed by atoms with Crippen molar-refractivity contribution >= 4 is 0 Å². The summed E-state index contributed by atoms with van der Waals surface area (Å²) in [6.45, 7) is 9.17. The molecule has 1 rings (SSSR count). The fourth-order valence-electron chi connectivity index (χ4n) is 1.97. The van der Waals surface area contributed by atoms with E-state index in [9.17, 15) is 0 Å². The molecule has 0 aliphatic carbocycles. The molecule has 0 radical (unpaired) electrons. The van der Waals surface area contributed by atoms with Crippen LogP contribution in [0.4, 0.5) is 0 Å². The lowest BCUT2D eigenvalue weighted by molar-refractivity contribution is 0.164. The first-order valence-electron chi connectivity index (χ1n) is 5.14. The number of likely N-dealkylation sites (tertiary alicyclic amines) is 1. The van der Waals surface area contributed by atoms with E-state index in [1.807, 2.05) is 0 Å². The van der Waals surface area contributed by atoms with Gasteiger partial charge in [0.05, 0.1) is 0 Å². The minimum absolute atomic E-state index is 0.662. The smallest absolute Gasteiger partial charge is 0.00192 e. The summed E-state index contributed by atoms with van der Waals surface area (Å²) >= 11 is 0. The van der Waals surface area contributed by atoms with Crippen LogP contribution in [0.1, 0.15) is 26.7 Å². The Morgan fingerprint density at radius 3 is 2.92 bits per heavy atom. The minimum Gasteiger partial charge on any atom is -0.330 e. The maximum absolute atomic E-state index is 5.60. The van der Waals surface area contributed by atoms with Crippen molar-refractivity contribution in [1.29, 1.82) is 0 Å². The molecule has 1 saturated heterocycles. The van der Waals surface area contributed by atoms with Gasteiger partial charge in [0.2, 0.25) is 0 Å². The van der Waals surface area contributed by atoms with E-state index in [2.05, 4.69) is 18.7 Å². The van der Waals surface area contributed by atoms with Crippen molar-refractivity contribution in [2.45, 2.75) is 26.7 Å². The molecule has 0 bridgehead atoms. The lowest BCUT2D eigenvalue weighted by Gasteiger charge is -2.32. The second kappa shape index (κ2) is 4.83. The van der Waals surface area contributed by atoms with Crippen LogP contribution >= 0.6 is 0 Å². The lowest BCUT2D eigenvalue weighted by atomic mass is 9.99. The van der Waals surface area contributed by atoms with E-state index in [0.717, 1.165) is 12.5 Å². The van der Waals surface area contributed by atoms with Gasteiger partial charge < -0.3 is 10.6 Å². The normalized spacial score (nSPS) is 28.8. The summed E-state index contributed by atoms with van der Waals surface area (Å²) in [5.41, 5.74) is 5.60. The van der Waals surface area contributed by atoms with Crippen LogP contribution in [-0.4, -0.2) is 31.1 Å². The zero-order valence-corrected chi connectivity index (χ0v) is 8.42. The minimum atomic E-state index is 0.662. The van der Waals surface area contributed by atoms with Crippen LogP contribution in [0.25, 0.3) is 0 Å². The summed E-state index contributed by atoms with van der Waals surface area (Å²) in [5, 5.41) is 0. The van der Waals surface area contributed by atoms with E-state index in [4.69, 9.17) is 5.73 Å². The fraction of sp³-hybridized carbons (Fsp3) is 1.00. The molecule has 0 saturated carbocycles. The highest BCUT2D eigenvalue weighted by Gasteiger charge is 2.17.